The fourth-order valence-electron chi connectivity index (χ4n) is 1.50. The maximum atomic E-state index is 11.6. The van der Waals surface area contributed by atoms with Crippen molar-refractivity contribution < 1.29 is 14.7 Å². The summed E-state index contributed by atoms with van der Waals surface area (Å²) in [5, 5.41) is 8.84. The zero-order valence-corrected chi connectivity index (χ0v) is 11.0. The number of carbonyl (C=O) groups excluding carboxylic acids is 1. The van der Waals surface area contributed by atoms with Crippen LogP contribution in [0.2, 0.25) is 0 Å². The number of hydrogen-bond donors (Lipinski definition) is 1. The minimum atomic E-state index is -1.01. The molecule has 6 nitrogen and oxygen atoms in total. The molecule has 0 atom stereocenters. The van der Waals surface area contributed by atoms with E-state index in [-0.39, 0.29) is 18.0 Å². The van der Waals surface area contributed by atoms with Crippen molar-refractivity contribution in [3.63, 3.8) is 0 Å². The molecule has 0 bridgehead atoms. The zero-order chi connectivity index (χ0) is 13.9. The number of carbonyl (C=O) groups is 2. The number of carboxylic acid groups (broad SMARTS) is 1. The van der Waals surface area contributed by atoms with Crippen LogP contribution >= 0.6 is 0 Å². The average Bonchev–Trinajstić information content (AvgIpc) is 2.28. The van der Waals surface area contributed by atoms with Gasteiger partial charge in [-0.3, -0.25) is 4.79 Å². The lowest BCUT2D eigenvalue weighted by molar-refractivity contribution is -0.127. The van der Waals surface area contributed by atoms with Gasteiger partial charge in [-0.1, -0.05) is 0 Å². The van der Waals surface area contributed by atoms with Crippen molar-refractivity contribution in [2.45, 2.75) is 6.92 Å². The Labute approximate surface area is 106 Å². The Balaban J connectivity index is 2.90. The Kier molecular flexibility index (Phi) is 4.25. The third-order valence-electron chi connectivity index (χ3n) is 2.53. The number of amides is 1. The van der Waals surface area contributed by atoms with Crippen LogP contribution in [0.3, 0.4) is 0 Å². The van der Waals surface area contributed by atoms with Crippen molar-refractivity contribution >= 4 is 17.7 Å². The Hall–Kier alpha value is -2.11. The Morgan fingerprint density at radius 2 is 1.94 bits per heavy atom. The lowest BCUT2D eigenvalue weighted by Crippen LogP contribution is -2.35. The van der Waals surface area contributed by atoms with Crippen LogP contribution in [-0.4, -0.2) is 54.6 Å². The molecule has 0 saturated heterocycles. The summed E-state index contributed by atoms with van der Waals surface area (Å²) in [7, 11) is 5.12. The molecule has 0 saturated carbocycles. The zero-order valence-electron chi connectivity index (χ0n) is 11.0. The summed E-state index contributed by atoms with van der Waals surface area (Å²) < 4.78 is 0. The molecule has 1 aromatic rings. The third kappa shape index (κ3) is 3.19. The molecular weight excluding hydrogens is 234 g/mol. The van der Waals surface area contributed by atoms with Crippen molar-refractivity contribution in [2.24, 2.45) is 0 Å². The lowest BCUT2D eigenvalue weighted by Gasteiger charge is -2.21. The molecule has 0 aliphatic heterocycles. The minimum Gasteiger partial charge on any atom is -0.478 e. The molecule has 18 heavy (non-hydrogen) atoms. The summed E-state index contributed by atoms with van der Waals surface area (Å²) in [4.78, 5) is 29.6. The van der Waals surface area contributed by atoms with E-state index in [1.807, 2.05) is 0 Å². The fraction of sp³-hybridized carbons (Fsp3) is 0.417. The molecule has 0 fully saturated rings. The highest BCUT2D eigenvalue weighted by Gasteiger charge is 2.13. The summed E-state index contributed by atoms with van der Waals surface area (Å²) >= 11 is 0. The number of aryl methyl sites for hydroxylation is 1. The van der Waals surface area contributed by atoms with Crippen molar-refractivity contribution in [3.05, 3.63) is 23.4 Å². The summed E-state index contributed by atoms with van der Waals surface area (Å²) in [5.74, 6) is -0.444. The molecule has 6 heteroatoms. The summed E-state index contributed by atoms with van der Waals surface area (Å²) in [6, 6.07) is 1.54. The van der Waals surface area contributed by atoms with Crippen LogP contribution in [-0.2, 0) is 4.79 Å². The van der Waals surface area contributed by atoms with Gasteiger partial charge in [0.2, 0.25) is 5.91 Å². The van der Waals surface area contributed by atoms with E-state index in [2.05, 4.69) is 4.98 Å². The second kappa shape index (κ2) is 5.48. The van der Waals surface area contributed by atoms with Gasteiger partial charge in [-0.05, 0) is 18.6 Å². The van der Waals surface area contributed by atoms with E-state index in [1.165, 1.54) is 11.1 Å². The lowest BCUT2D eigenvalue weighted by atomic mass is 10.2. The van der Waals surface area contributed by atoms with E-state index in [0.29, 0.717) is 5.82 Å². The predicted molar refractivity (Wildman–Crippen MR) is 67.9 cm³/mol. The highest BCUT2D eigenvalue weighted by molar-refractivity contribution is 5.88. The fourth-order valence-corrected chi connectivity index (χ4v) is 1.50. The molecule has 98 valence electrons. The molecule has 0 spiro atoms. The number of aromatic carboxylic acids is 1. The molecular formula is C12H17N3O3. The average molecular weight is 251 g/mol. The molecule has 0 aliphatic carbocycles. The first kappa shape index (κ1) is 14.0. The van der Waals surface area contributed by atoms with Crippen LogP contribution in [0.1, 0.15) is 15.9 Å². The highest BCUT2D eigenvalue weighted by Crippen LogP contribution is 2.16. The predicted octanol–water partition coefficient (Wildman–Crippen LogP) is 0.613. The van der Waals surface area contributed by atoms with Crippen LogP contribution < -0.4 is 4.90 Å². The van der Waals surface area contributed by atoms with E-state index in [9.17, 15) is 9.59 Å². The molecule has 1 heterocycles. The van der Waals surface area contributed by atoms with Gasteiger partial charge in [-0.25, -0.2) is 9.78 Å². The third-order valence-corrected chi connectivity index (χ3v) is 2.53. The number of carboxylic acids is 1. The quantitative estimate of drug-likeness (QED) is 0.848. The largest absolute Gasteiger partial charge is 0.478 e. The van der Waals surface area contributed by atoms with Crippen LogP contribution in [0.4, 0.5) is 5.82 Å². The monoisotopic (exact) mass is 251 g/mol. The number of likely N-dealkylation sites (N-methyl/N-ethyl adjacent to an activating group) is 2. The first-order chi connectivity index (χ1) is 8.32. The maximum Gasteiger partial charge on any atom is 0.337 e. The molecule has 0 radical (unpaired) electrons. The van der Waals surface area contributed by atoms with Gasteiger partial charge in [0.25, 0.3) is 0 Å². The highest BCUT2D eigenvalue weighted by atomic mass is 16.4. The number of nitrogens with zero attached hydrogens (tertiary/aromatic N) is 3. The Morgan fingerprint density at radius 1 is 1.33 bits per heavy atom. The number of rotatable bonds is 4. The van der Waals surface area contributed by atoms with E-state index in [4.69, 9.17) is 5.11 Å². The van der Waals surface area contributed by atoms with Gasteiger partial charge in [0.1, 0.15) is 5.82 Å². The maximum absolute atomic E-state index is 11.6. The van der Waals surface area contributed by atoms with Gasteiger partial charge in [0.05, 0.1) is 12.1 Å². The normalized spacial score (nSPS) is 10.0. The number of pyridine rings is 1. The van der Waals surface area contributed by atoms with Gasteiger partial charge < -0.3 is 14.9 Å². The van der Waals surface area contributed by atoms with Crippen molar-refractivity contribution in [2.75, 3.05) is 32.6 Å². The minimum absolute atomic E-state index is 0.0407. The van der Waals surface area contributed by atoms with Crippen molar-refractivity contribution in [1.82, 2.24) is 9.88 Å². The van der Waals surface area contributed by atoms with Crippen LogP contribution in [0, 0.1) is 6.92 Å². The van der Waals surface area contributed by atoms with Crippen LogP contribution in [0.5, 0.6) is 0 Å². The standard InChI is InChI=1S/C12H17N3O3/c1-8-5-9(12(17)18)6-13-11(8)15(4)7-10(16)14(2)3/h5-6H,7H2,1-4H3,(H,17,18). The molecule has 1 amide bonds. The van der Waals surface area contributed by atoms with Gasteiger partial charge in [-0.2, -0.15) is 0 Å². The van der Waals surface area contributed by atoms with E-state index < -0.39 is 5.97 Å². The Bertz CT molecular complexity index is 472. The molecule has 1 rings (SSSR count). The second-order valence-corrected chi connectivity index (χ2v) is 4.31. The molecule has 0 unspecified atom stereocenters. The van der Waals surface area contributed by atoms with Crippen LogP contribution in [0.15, 0.2) is 12.3 Å². The summed E-state index contributed by atoms with van der Waals surface area (Å²) in [5.41, 5.74) is 0.868. The van der Waals surface area contributed by atoms with E-state index in [0.717, 1.165) is 5.56 Å². The van der Waals surface area contributed by atoms with E-state index in [1.54, 1.807) is 39.0 Å². The van der Waals surface area contributed by atoms with E-state index >= 15 is 0 Å². The molecule has 0 aliphatic rings. The number of aromatic nitrogens is 1. The first-order valence-corrected chi connectivity index (χ1v) is 5.44. The molecule has 1 aromatic heterocycles. The summed E-state index contributed by atoms with van der Waals surface area (Å²) in [6.07, 6.45) is 1.29. The van der Waals surface area contributed by atoms with Crippen molar-refractivity contribution in [1.29, 1.82) is 0 Å². The first-order valence-electron chi connectivity index (χ1n) is 5.44. The number of anilines is 1. The van der Waals surface area contributed by atoms with Gasteiger partial charge >= 0.3 is 5.97 Å². The Morgan fingerprint density at radius 3 is 2.39 bits per heavy atom. The topological polar surface area (TPSA) is 73.7 Å². The summed E-state index contributed by atoms with van der Waals surface area (Å²) in [6.45, 7) is 1.97. The second-order valence-electron chi connectivity index (χ2n) is 4.31. The van der Waals surface area contributed by atoms with Crippen molar-refractivity contribution in [3.8, 4) is 0 Å². The van der Waals surface area contributed by atoms with Crippen LogP contribution in [0.25, 0.3) is 0 Å². The van der Waals surface area contributed by atoms with Gasteiger partial charge in [-0.15, -0.1) is 0 Å². The SMILES string of the molecule is Cc1cc(C(=O)O)cnc1N(C)CC(=O)N(C)C. The molecule has 0 aromatic carbocycles. The molecule has 1 N–H and O–H groups in total. The number of hydrogen-bond acceptors (Lipinski definition) is 4. The smallest absolute Gasteiger partial charge is 0.337 e. The van der Waals surface area contributed by atoms with Gasteiger partial charge in [0.15, 0.2) is 0 Å². The van der Waals surface area contributed by atoms with Gasteiger partial charge in [0, 0.05) is 27.3 Å².